The van der Waals surface area contributed by atoms with Crippen molar-refractivity contribution in [2.24, 2.45) is 0 Å². The highest BCUT2D eigenvalue weighted by molar-refractivity contribution is 5.74. The van der Waals surface area contributed by atoms with E-state index in [0.29, 0.717) is 0 Å². The SMILES string of the molecule is N#Cc1cccc(N2CCN(CCCCn3cnc4ccccc43)CC2)c1. The summed E-state index contributed by atoms with van der Waals surface area (Å²) in [4.78, 5) is 9.40. The van der Waals surface area contributed by atoms with Crippen molar-refractivity contribution >= 4 is 16.7 Å². The largest absolute Gasteiger partial charge is 0.369 e. The molecule has 2 aromatic carbocycles. The van der Waals surface area contributed by atoms with Crippen LogP contribution in [-0.2, 0) is 6.54 Å². The Bertz CT molecular complexity index is 931. The van der Waals surface area contributed by atoms with Crippen molar-refractivity contribution in [3.63, 3.8) is 0 Å². The van der Waals surface area contributed by atoms with Gasteiger partial charge in [-0.05, 0) is 49.7 Å². The monoisotopic (exact) mass is 359 g/mol. The predicted molar refractivity (Wildman–Crippen MR) is 109 cm³/mol. The molecule has 0 unspecified atom stereocenters. The van der Waals surface area contributed by atoms with Crippen LogP contribution < -0.4 is 4.90 Å². The third-order valence-electron chi connectivity index (χ3n) is 5.36. The molecule has 1 fully saturated rings. The van der Waals surface area contributed by atoms with Crippen LogP contribution in [0.3, 0.4) is 0 Å². The van der Waals surface area contributed by atoms with Crippen LogP contribution in [0.15, 0.2) is 54.9 Å². The first-order valence-corrected chi connectivity index (χ1v) is 9.71. The van der Waals surface area contributed by atoms with Crippen molar-refractivity contribution in [1.29, 1.82) is 5.26 Å². The summed E-state index contributed by atoms with van der Waals surface area (Å²) in [6.45, 7) is 6.41. The molecule has 138 valence electrons. The second kappa shape index (κ2) is 8.24. The van der Waals surface area contributed by atoms with Crippen LogP contribution in [0.1, 0.15) is 18.4 Å². The number of hydrogen-bond donors (Lipinski definition) is 0. The van der Waals surface area contributed by atoms with Crippen LogP contribution in [0, 0.1) is 11.3 Å². The lowest BCUT2D eigenvalue weighted by molar-refractivity contribution is 0.251. The Morgan fingerprint density at radius 2 is 1.74 bits per heavy atom. The molecule has 3 aromatic rings. The van der Waals surface area contributed by atoms with Crippen LogP contribution in [0.2, 0.25) is 0 Å². The zero-order chi connectivity index (χ0) is 18.5. The quantitative estimate of drug-likeness (QED) is 0.632. The van der Waals surface area contributed by atoms with Gasteiger partial charge in [0.15, 0.2) is 0 Å². The molecule has 4 rings (SSSR count). The third kappa shape index (κ3) is 4.12. The summed E-state index contributed by atoms with van der Waals surface area (Å²) >= 11 is 0. The molecule has 0 N–H and O–H groups in total. The molecule has 0 spiro atoms. The van der Waals surface area contributed by atoms with E-state index in [0.717, 1.165) is 50.3 Å². The zero-order valence-electron chi connectivity index (χ0n) is 15.6. The summed E-state index contributed by atoms with van der Waals surface area (Å²) in [6.07, 6.45) is 4.33. The fourth-order valence-corrected chi connectivity index (χ4v) is 3.81. The number of piperazine rings is 1. The first-order chi connectivity index (χ1) is 13.3. The van der Waals surface area contributed by atoms with Crippen molar-refractivity contribution in [3.8, 4) is 6.07 Å². The molecule has 2 heterocycles. The molecule has 0 atom stereocenters. The predicted octanol–water partition coefficient (Wildman–Crippen LogP) is 3.51. The van der Waals surface area contributed by atoms with Crippen molar-refractivity contribution < 1.29 is 0 Å². The maximum absolute atomic E-state index is 9.07. The van der Waals surface area contributed by atoms with Gasteiger partial charge < -0.3 is 9.47 Å². The van der Waals surface area contributed by atoms with Crippen molar-refractivity contribution in [1.82, 2.24) is 14.5 Å². The average molecular weight is 359 g/mol. The minimum atomic E-state index is 0.738. The van der Waals surface area contributed by atoms with Gasteiger partial charge in [-0.25, -0.2) is 4.98 Å². The molecule has 0 amide bonds. The molecule has 1 aliphatic heterocycles. The number of nitrogens with zero attached hydrogens (tertiary/aromatic N) is 5. The van der Waals surface area contributed by atoms with Crippen LogP contribution >= 0.6 is 0 Å². The average Bonchev–Trinajstić information content (AvgIpc) is 3.15. The molecule has 0 saturated carbocycles. The number of aromatic nitrogens is 2. The topological polar surface area (TPSA) is 48.1 Å². The van der Waals surface area contributed by atoms with Gasteiger partial charge in [0.1, 0.15) is 0 Å². The highest BCUT2D eigenvalue weighted by Crippen LogP contribution is 2.18. The fourth-order valence-electron chi connectivity index (χ4n) is 3.81. The van der Waals surface area contributed by atoms with E-state index in [9.17, 15) is 0 Å². The molecular formula is C22H25N5. The van der Waals surface area contributed by atoms with Crippen LogP contribution in [0.25, 0.3) is 11.0 Å². The molecule has 1 saturated heterocycles. The molecule has 5 nitrogen and oxygen atoms in total. The van der Waals surface area contributed by atoms with Gasteiger partial charge in [-0.15, -0.1) is 0 Å². The highest BCUT2D eigenvalue weighted by Gasteiger charge is 2.17. The number of benzene rings is 2. The Labute approximate surface area is 160 Å². The first-order valence-electron chi connectivity index (χ1n) is 9.71. The highest BCUT2D eigenvalue weighted by atomic mass is 15.3. The van der Waals surface area contributed by atoms with Gasteiger partial charge >= 0.3 is 0 Å². The molecule has 0 aliphatic carbocycles. The smallest absolute Gasteiger partial charge is 0.0992 e. The van der Waals surface area contributed by atoms with E-state index < -0.39 is 0 Å². The number of nitriles is 1. The van der Waals surface area contributed by atoms with Crippen LogP contribution in [-0.4, -0.2) is 47.2 Å². The van der Waals surface area contributed by atoms with E-state index >= 15 is 0 Å². The number of hydrogen-bond acceptors (Lipinski definition) is 4. The van der Waals surface area contributed by atoms with E-state index in [1.165, 1.54) is 24.0 Å². The molecule has 0 bridgehead atoms. The van der Waals surface area contributed by atoms with E-state index in [1.807, 2.05) is 30.6 Å². The summed E-state index contributed by atoms with van der Waals surface area (Å²) in [6, 6.07) is 18.5. The van der Waals surface area contributed by atoms with Gasteiger partial charge in [0.25, 0.3) is 0 Å². The maximum atomic E-state index is 9.07. The van der Waals surface area contributed by atoms with Gasteiger partial charge in [0.2, 0.25) is 0 Å². The first kappa shape index (κ1) is 17.6. The number of unbranched alkanes of at least 4 members (excludes halogenated alkanes) is 1. The third-order valence-corrected chi connectivity index (χ3v) is 5.36. The van der Waals surface area contributed by atoms with Gasteiger partial charge in [0, 0.05) is 38.4 Å². The standard InChI is InChI=1S/C22H25N5/c23-17-19-6-5-7-20(16-19)26-14-12-25(13-15-26)10-3-4-11-27-18-24-21-8-1-2-9-22(21)27/h1-2,5-9,16,18H,3-4,10-15H2. The second-order valence-corrected chi connectivity index (χ2v) is 7.12. The van der Waals surface area contributed by atoms with Gasteiger partial charge in [0.05, 0.1) is 29.0 Å². The minimum Gasteiger partial charge on any atom is -0.369 e. The van der Waals surface area contributed by atoms with Crippen molar-refractivity contribution in [3.05, 3.63) is 60.4 Å². The molecular weight excluding hydrogens is 334 g/mol. The van der Waals surface area contributed by atoms with E-state index in [-0.39, 0.29) is 0 Å². The zero-order valence-corrected chi connectivity index (χ0v) is 15.6. The van der Waals surface area contributed by atoms with E-state index in [4.69, 9.17) is 5.26 Å². The number of fused-ring (bicyclic) bond motifs is 1. The maximum Gasteiger partial charge on any atom is 0.0992 e. The Morgan fingerprint density at radius 1 is 0.926 bits per heavy atom. The molecule has 1 aliphatic rings. The summed E-state index contributed by atoms with van der Waals surface area (Å²) in [7, 11) is 0. The second-order valence-electron chi connectivity index (χ2n) is 7.12. The Morgan fingerprint density at radius 3 is 2.59 bits per heavy atom. The van der Waals surface area contributed by atoms with E-state index in [2.05, 4.69) is 49.7 Å². The number of para-hydroxylation sites is 2. The summed E-state index contributed by atoms with van der Waals surface area (Å²) in [5.41, 5.74) is 4.21. The molecule has 5 heteroatoms. The van der Waals surface area contributed by atoms with Gasteiger partial charge in [-0.1, -0.05) is 18.2 Å². The molecule has 1 aromatic heterocycles. The molecule has 0 radical (unpaired) electrons. The molecule has 27 heavy (non-hydrogen) atoms. The Kier molecular flexibility index (Phi) is 5.36. The fraction of sp³-hybridized carbons (Fsp3) is 0.364. The lowest BCUT2D eigenvalue weighted by atomic mass is 10.2. The van der Waals surface area contributed by atoms with Crippen LogP contribution in [0.4, 0.5) is 5.69 Å². The van der Waals surface area contributed by atoms with Crippen molar-refractivity contribution in [2.45, 2.75) is 19.4 Å². The normalized spacial score (nSPS) is 15.1. The number of anilines is 1. The minimum absolute atomic E-state index is 0.738. The number of aryl methyl sites for hydroxylation is 1. The van der Waals surface area contributed by atoms with Crippen LogP contribution in [0.5, 0.6) is 0 Å². The van der Waals surface area contributed by atoms with E-state index in [1.54, 1.807) is 0 Å². The number of rotatable bonds is 6. The summed E-state index contributed by atoms with van der Waals surface area (Å²) in [5.74, 6) is 0. The summed E-state index contributed by atoms with van der Waals surface area (Å²) < 4.78 is 2.26. The Hall–Kier alpha value is -2.84. The number of imidazole rings is 1. The van der Waals surface area contributed by atoms with Gasteiger partial charge in [-0.3, -0.25) is 4.90 Å². The van der Waals surface area contributed by atoms with Crippen molar-refractivity contribution in [2.75, 3.05) is 37.6 Å². The Balaban J connectivity index is 1.21. The van der Waals surface area contributed by atoms with Gasteiger partial charge in [-0.2, -0.15) is 5.26 Å². The lowest BCUT2D eigenvalue weighted by Gasteiger charge is -2.36. The summed E-state index contributed by atoms with van der Waals surface area (Å²) in [5, 5.41) is 9.07. The lowest BCUT2D eigenvalue weighted by Crippen LogP contribution is -2.46.